The van der Waals surface area contributed by atoms with Crippen LogP contribution in [0.4, 0.5) is 17.1 Å². The number of hydrogen-bond donors (Lipinski definition) is 2. The summed E-state index contributed by atoms with van der Waals surface area (Å²) in [6, 6.07) is 8.62. The Morgan fingerprint density at radius 1 is 1.40 bits per heavy atom. The smallest absolute Gasteiger partial charge is 0.316 e. The monoisotopic (exact) mass is 276 g/mol. The van der Waals surface area contributed by atoms with E-state index >= 15 is 0 Å². The van der Waals surface area contributed by atoms with Gasteiger partial charge in [-0.05, 0) is 31.2 Å². The van der Waals surface area contributed by atoms with Crippen LogP contribution in [0.3, 0.4) is 0 Å². The highest BCUT2D eigenvalue weighted by Crippen LogP contribution is 2.35. The summed E-state index contributed by atoms with van der Waals surface area (Å²) in [5.74, 6) is 6.09. The molecule has 0 bridgehead atoms. The number of rotatable bonds is 6. The Hall–Kier alpha value is -2.54. The maximum absolute atomic E-state index is 11.3. The molecule has 0 radical (unpaired) electrons. The molecular formula is C13H16N4O3. The fourth-order valence-electron chi connectivity index (χ4n) is 2.05. The van der Waals surface area contributed by atoms with E-state index in [0.717, 1.165) is 5.76 Å². The van der Waals surface area contributed by atoms with Crippen molar-refractivity contribution in [3.8, 4) is 0 Å². The number of benzene rings is 1. The minimum atomic E-state index is -0.435. The Balaban J connectivity index is 2.41. The van der Waals surface area contributed by atoms with Crippen molar-refractivity contribution in [2.45, 2.75) is 13.5 Å². The van der Waals surface area contributed by atoms with Crippen LogP contribution < -0.4 is 16.2 Å². The maximum atomic E-state index is 11.3. The van der Waals surface area contributed by atoms with E-state index in [0.29, 0.717) is 18.8 Å². The van der Waals surface area contributed by atoms with Gasteiger partial charge in [0.25, 0.3) is 0 Å². The molecule has 7 nitrogen and oxygen atoms in total. The fourth-order valence-corrected chi connectivity index (χ4v) is 2.05. The zero-order valence-electron chi connectivity index (χ0n) is 11.1. The molecule has 0 atom stereocenters. The van der Waals surface area contributed by atoms with Crippen molar-refractivity contribution >= 4 is 17.1 Å². The van der Waals surface area contributed by atoms with Gasteiger partial charge in [0.1, 0.15) is 17.1 Å². The van der Waals surface area contributed by atoms with Crippen LogP contribution in [0.1, 0.15) is 12.7 Å². The van der Waals surface area contributed by atoms with E-state index in [1.807, 2.05) is 17.9 Å². The molecule has 0 spiro atoms. The maximum Gasteiger partial charge on any atom is 0.316 e. The van der Waals surface area contributed by atoms with E-state index in [-0.39, 0.29) is 11.4 Å². The Bertz CT molecular complexity index is 583. The number of hydrazine groups is 1. The average Bonchev–Trinajstić information content (AvgIpc) is 2.96. The molecule has 0 saturated carbocycles. The molecule has 0 aliphatic rings. The van der Waals surface area contributed by atoms with E-state index in [2.05, 4.69) is 5.43 Å². The van der Waals surface area contributed by atoms with E-state index < -0.39 is 4.92 Å². The van der Waals surface area contributed by atoms with E-state index in [1.165, 1.54) is 0 Å². The molecular weight excluding hydrogens is 260 g/mol. The van der Waals surface area contributed by atoms with Gasteiger partial charge in [-0.3, -0.25) is 16.0 Å². The lowest BCUT2D eigenvalue weighted by molar-refractivity contribution is -0.383. The number of nitrogen functional groups attached to an aromatic ring is 1. The second-order valence-electron chi connectivity index (χ2n) is 4.17. The van der Waals surface area contributed by atoms with Gasteiger partial charge in [-0.15, -0.1) is 0 Å². The lowest BCUT2D eigenvalue weighted by atomic mass is 10.2. The summed E-state index contributed by atoms with van der Waals surface area (Å²) in [6.45, 7) is 2.99. The van der Waals surface area contributed by atoms with Crippen LogP contribution in [-0.4, -0.2) is 11.5 Å². The van der Waals surface area contributed by atoms with Crippen LogP contribution in [-0.2, 0) is 6.54 Å². The number of nitrogens with one attached hydrogen (secondary N) is 1. The van der Waals surface area contributed by atoms with Crippen LogP contribution in [0.2, 0.25) is 0 Å². The van der Waals surface area contributed by atoms with Gasteiger partial charge >= 0.3 is 5.69 Å². The summed E-state index contributed by atoms with van der Waals surface area (Å²) in [5.41, 5.74) is 3.11. The number of para-hydroxylation sites is 1. The Labute approximate surface area is 116 Å². The highest BCUT2D eigenvalue weighted by Gasteiger charge is 2.23. The van der Waals surface area contributed by atoms with Crippen molar-refractivity contribution in [2.75, 3.05) is 16.9 Å². The molecule has 1 aromatic heterocycles. The number of nitrogens with two attached hydrogens (primary N) is 1. The van der Waals surface area contributed by atoms with Gasteiger partial charge in [0.15, 0.2) is 0 Å². The molecule has 106 valence electrons. The summed E-state index contributed by atoms with van der Waals surface area (Å²) < 4.78 is 5.29. The molecule has 1 aromatic carbocycles. The first-order valence-corrected chi connectivity index (χ1v) is 6.18. The first-order chi connectivity index (χ1) is 9.67. The third-order valence-electron chi connectivity index (χ3n) is 3.00. The number of hydrogen-bond acceptors (Lipinski definition) is 6. The molecule has 0 saturated heterocycles. The summed E-state index contributed by atoms with van der Waals surface area (Å²) in [7, 11) is 0. The predicted molar refractivity (Wildman–Crippen MR) is 76.3 cm³/mol. The van der Waals surface area contributed by atoms with Gasteiger partial charge in [-0.2, -0.15) is 0 Å². The van der Waals surface area contributed by atoms with Crippen molar-refractivity contribution in [1.29, 1.82) is 0 Å². The lowest BCUT2D eigenvalue weighted by Crippen LogP contribution is -2.23. The van der Waals surface area contributed by atoms with Crippen LogP contribution in [0.15, 0.2) is 41.0 Å². The van der Waals surface area contributed by atoms with Gasteiger partial charge < -0.3 is 14.7 Å². The average molecular weight is 276 g/mol. The highest BCUT2D eigenvalue weighted by molar-refractivity contribution is 5.76. The fraction of sp³-hybridized carbons (Fsp3) is 0.231. The van der Waals surface area contributed by atoms with Gasteiger partial charge in [-0.25, -0.2) is 0 Å². The number of nitro groups is 1. The Morgan fingerprint density at radius 3 is 2.75 bits per heavy atom. The van der Waals surface area contributed by atoms with Crippen molar-refractivity contribution < 1.29 is 9.34 Å². The summed E-state index contributed by atoms with van der Waals surface area (Å²) in [6.07, 6.45) is 1.58. The normalized spacial score (nSPS) is 10.3. The van der Waals surface area contributed by atoms with Crippen LogP contribution in [0, 0.1) is 10.1 Å². The second-order valence-corrected chi connectivity index (χ2v) is 4.17. The van der Waals surface area contributed by atoms with Crippen LogP contribution >= 0.6 is 0 Å². The topological polar surface area (TPSA) is 97.6 Å². The molecule has 2 aromatic rings. The van der Waals surface area contributed by atoms with Crippen molar-refractivity contribution in [2.24, 2.45) is 5.84 Å². The molecule has 7 heteroatoms. The van der Waals surface area contributed by atoms with Gasteiger partial charge in [-0.1, -0.05) is 6.07 Å². The van der Waals surface area contributed by atoms with E-state index in [1.54, 1.807) is 30.5 Å². The quantitative estimate of drug-likeness (QED) is 0.478. The van der Waals surface area contributed by atoms with Crippen molar-refractivity contribution in [1.82, 2.24) is 0 Å². The number of nitrogens with zero attached hydrogens (tertiary/aromatic N) is 2. The van der Waals surface area contributed by atoms with Gasteiger partial charge in [0, 0.05) is 6.54 Å². The van der Waals surface area contributed by atoms with E-state index in [9.17, 15) is 10.1 Å². The third kappa shape index (κ3) is 2.72. The van der Waals surface area contributed by atoms with Crippen LogP contribution in [0.25, 0.3) is 0 Å². The molecule has 0 amide bonds. The SMILES string of the molecule is CCN(Cc1ccco1)c1cccc(NN)c1[N+](=O)[O-]. The lowest BCUT2D eigenvalue weighted by Gasteiger charge is -2.22. The molecule has 0 aliphatic carbocycles. The first kappa shape index (κ1) is 13.9. The molecule has 20 heavy (non-hydrogen) atoms. The predicted octanol–water partition coefficient (Wildman–Crippen LogP) is 2.50. The molecule has 1 heterocycles. The first-order valence-electron chi connectivity index (χ1n) is 6.18. The van der Waals surface area contributed by atoms with Crippen molar-refractivity contribution in [3.63, 3.8) is 0 Å². The summed E-state index contributed by atoms with van der Waals surface area (Å²) in [5, 5.41) is 11.3. The third-order valence-corrected chi connectivity index (χ3v) is 3.00. The largest absolute Gasteiger partial charge is 0.467 e. The Kier molecular flexibility index (Phi) is 4.21. The minimum absolute atomic E-state index is 0.0385. The molecule has 2 rings (SSSR count). The molecule has 0 aliphatic heterocycles. The number of anilines is 2. The highest BCUT2D eigenvalue weighted by atomic mass is 16.6. The van der Waals surface area contributed by atoms with Crippen molar-refractivity contribution in [3.05, 3.63) is 52.5 Å². The number of nitro benzene ring substituents is 1. The molecule has 0 fully saturated rings. The number of furan rings is 1. The zero-order valence-corrected chi connectivity index (χ0v) is 11.1. The summed E-state index contributed by atoms with van der Waals surface area (Å²) in [4.78, 5) is 12.7. The second kappa shape index (κ2) is 6.07. The van der Waals surface area contributed by atoms with Gasteiger partial charge in [0.05, 0.1) is 17.7 Å². The standard InChI is InChI=1S/C13H16N4O3/c1-2-16(9-10-5-4-8-20-10)12-7-3-6-11(15-14)13(12)17(18)19/h3-8,15H,2,9,14H2,1H3. The zero-order chi connectivity index (χ0) is 14.5. The van der Waals surface area contributed by atoms with Crippen LogP contribution in [0.5, 0.6) is 0 Å². The van der Waals surface area contributed by atoms with E-state index in [4.69, 9.17) is 10.3 Å². The minimum Gasteiger partial charge on any atom is -0.467 e. The Morgan fingerprint density at radius 2 is 2.20 bits per heavy atom. The molecule has 0 unspecified atom stereocenters. The molecule has 3 N–H and O–H groups in total. The van der Waals surface area contributed by atoms with Gasteiger partial charge in [0.2, 0.25) is 0 Å². The summed E-state index contributed by atoms with van der Waals surface area (Å²) >= 11 is 0.